The Balaban J connectivity index is 1.23. The first-order valence-electron chi connectivity index (χ1n) is 15.7. The maximum atomic E-state index is 13.5. The first kappa shape index (κ1) is 36.2. The number of thioether (sulfide) groups is 1. The Labute approximate surface area is 289 Å². The number of nitrogens with one attached hydrogen (secondary N) is 1. The van der Waals surface area contributed by atoms with Gasteiger partial charge in [-0.25, -0.2) is 15.1 Å². The van der Waals surface area contributed by atoms with Gasteiger partial charge in [-0.1, -0.05) is 6.92 Å². The van der Waals surface area contributed by atoms with Crippen molar-refractivity contribution in [1.29, 1.82) is 0 Å². The SMILES string of the molecule is CC(=O)NOCc1cc(COC(=O)N2CC[C@H](SC3=C(C(=O)OCc4ccc([N+](=O)[O-])cc4)N4C(=O)[C@H]([C@@H](C)O)[C@H]4[C@H]3C)C2)ccc1[N+](=O)[O-]. The number of hydrogen-bond donors (Lipinski definition) is 2. The minimum atomic E-state index is -0.929. The van der Waals surface area contributed by atoms with Crippen LogP contribution in [0.5, 0.6) is 0 Å². The Morgan fingerprint density at radius 2 is 1.72 bits per heavy atom. The number of carbonyl (C=O) groups is 4. The highest BCUT2D eigenvalue weighted by Crippen LogP contribution is 2.52. The number of rotatable bonds is 13. The average molecular weight is 714 g/mol. The maximum absolute atomic E-state index is 13.5. The highest BCUT2D eigenvalue weighted by atomic mass is 32.2. The third-order valence-corrected chi connectivity index (χ3v) is 10.2. The molecule has 0 unspecified atom stereocenters. The zero-order valence-corrected chi connectivity index (χ0v) is 28.1. The van der Waals surface area contributed by atoms with Crippen LogP contribution in [0.2, 0.25) is 0 Å². The molecule has 2 saturated heterocycles. The number of fused-ring (bicyclic) bond motifs is 1. The number of aliphatic hydroxyl groups excluding tert-OH is 1. The molecule has 17 nitrogen and oxygen atoms in total. The molecule has 0 aromatic heterocycles. The van der Waals surface area contributed by atoms with Crippen LogP contribution in [-0.4, -0.2) is 79.1 Å². The molecular formula is C32H35N5O12S. The number of hydroxylamine groups is 1. The van der Waals surface area contributed by atoms with E-state index in [0.717, 1.165) is 0 Å². The van der Waals surface area contributed by atoms with E-state index in [4.69, 9.17) is 14.3 Å². The van der Waals surface area contributed by atoms with Crippen molar-refractivity contribution >= 4 is 47.0 Å². The molecule has 0 aliphatic carbocycles. The fourth-order valence-electron chi connectivity index (χ4n) is 6.24. The summed E-state index contributed by atoms with van der Waals surface area (Å²) >= 11 is 1.37. The van der Waals surface area contributed by atoms with E-state index in [0.29, 0.717) is 29.0 Å². The number of esters is 1. The summed E-state index contributed by atoms with van der Waals surface area (Å²) in [4.78, 5) is 80.5. The first-order valence-corrected chi connectivity index (χ1v) is 16.5. The number of β-lactam (4-membered cyclic amide) rings is 1. The van der Waals surface area contributed by atoms with Crippen molar-refractivity contribution in [1.82, 2.24) is 15.3 Å². The number of aliphatic hydroxyl groups is 1. The second-order valence-electron chi connectivity index (χ2n) is 12.2. The van der Waals surface area contributed by atoms with E-state index in [1.54, 1.807) is 0 Å². The van der Waals surface area contributed by atoms with Gasteiger partial charge >= 0.3 is 12.1 Å². The van der Waals surface area contributed by atoms with Gasteiger partial charge in [0.2, 0.25) is 11.8 Å². The number of nitro groups is 2. The number of likely N-dealkylation sites (tertiary alicyclic amines) is 1. The van der Waals surface area contributed by atoms with Crippen molar-refractivity contribution in [2.24, 2.45) is 11.8 Å². The molecule has 2 fully saturated rings. The van der Waals surface area contributed by atoms with E-state index in [1.807, 2.05) is 6.92 Å². The lowest BCUT2D eigenvalue weighted by Gasteiger charge is -2.46. The first-order chi connectivity index (χ1) is 23.8. The number of hydrogen-bond acceptors (Lipinski definition) is 13. The predicted molar refractivity (Wildman–Crippen MR) is 174 cm³/mol. The number of ether oxygens (including phenoxy) is 2. The summed E-state index contributed by atoms with van der Waals surface area (Å²) in [6, 6.07) is 9.29. The quantitative estimate of drug-likeness (QED) is 0.132. The molecule has 0 radical (unpaired) electrons. The molecule has 2 N–H and O–H groups in total. The van der Waals surface area contributed by atoms with Crippen molar-refractivity contribution in [3.8, 4) is 0 Å². The van der Waals surface area contributed by atoms with Gasteiger partial charge in [-0.2, -0.15) is 0 Å². The Bertz CT molecular complexity index is 1730. The molecular weight excluding hydrogens is 678 g/mol. The van der Waals surface area contributed by atoms with Gasteiger partial charge in [0.05, 0.1) is 33.5 Å². The largest absolute Gasteiger partial charge is 0.456 e. The van der Waals surface area contributed by atoms with Crippen molar-refractivity contribution in [2.75, 3.05) is 13.1 Å². The van der Waals surface area contributed by atoms with Gasteiger partial charge in [0.1, 0.15) is 25.5 Å². The van der Waals surface area contributed by atoms with Crippen molar-refractivity contribution in [3.63, 3.8) is 0 Å². The molecule has 266 valence electrons. The van der Waals surface area contributed by atoms with Crippen LogP contribution in [0.25, 0.3) is 0 Å². The van der Waals surface area contributed by atoms with Crippen LogP contribution >= 0.6 is 11.8 Å². The highest BCUT2D eigenvalue weighted by Gasteiger charge is 2.60. The average Bonchev–Trinajstić information content (AvgIpc) is 3.63. The smallest absolute Gasteiger partial charge is 0.410 e. The number of non-ortho nitro benzene ring substituents is 1. The van der Waals surface area contributed by atoms with Crippen LogP contribution in [0.1, 0.15) is 43.9 Å². The predicted octanol–water partition coefficient (Wildman–Crippen LogP) is 3.33. The number of amides is 3. The number of carbonyl (C=O) groups excluding carboxylic acids is 4. The minimum absolute atomic E-state index is 0.0915. The van der Waals surface area contributed by atoms with Gasteiger partial charge in [0, 0.05) is 54.3 Å². The van der Waals surface area contributed by atoms with E-state index < -0.39 is 45.9 Å². The molecule has 0 saturated carbocycles. The molecule has 3 heterocycles. The molecule has 50 heavy (non-hydrogen) atoms. The zero-order valence-electron chi connectivity index (χ0n) is 27.3. The second kappa shape index (κ2) is 15.2. The molecule has 3 aliphatic heterocycles. The van der Waals surface area contributed by atoms with Crippen molar-refractivity contribution < 1.29 is 48.4 Å². The van der Waals surface area contributed by atoms with E-state index in [9.17, 15) is 44.5 Å². The van der Waals surface area contributed by atoms with E-state index in [-0.39, 0.29) is 66.1 Å². The fourth-order valence-corrected chi connectivity index (χ4v) is 7.73. The molecule has 0 bridgehead atoms. The fraction of sp³-hybridized carbons (Fsp3) is 0.438. The van der Waals surface area contributed by atoms with Crippen LogP contribution in [-0.2, 0) is 48.5 Å². The summed E-state index contributed by atoms with van der Waals surface area (Å²) in [6.07, 6.45) is -0.977. The van der Waals surface area contributed by atoms with Crippen LogP contribution in [0.3, 0.4) is 0 Å². The van der Waals surface area contributed by atoms with Gasteiger partial charge in [0.25, 0.3) is 11.4 Å². The lowest BCUT2D eigenvalue weighted by atomic mass is 9.79. The standard InChI is InChI=1S/C32H35N5O12S/c1-17-27-26(18(2)38)30(40)35(27)28(31(41)47-14-20-4-7-23(8-5-20)36(43)44)29(17)50-24-10-11-34(13-24)32(42)48-15-21-6-9-25(37(45)46)22(12-21)16-49-33-19(3)39/h4-9,12,17-18,24,26-27,38H,10-11,13-16H2,1-3H3,(H,33,39)/t17-,18-,24+,26-,27-/m1/s1. The lowest BCUT2D eigenvalue weighted by Crippen LogP contribution is -2.63. The van der Waals surface area contributed by atoms with Crippen LogP contribution in [0.4, 0.5) is 16.2 Å². The molecule has 5 rings (SSSR count). The van der Waals surface area contributed by atoms with Crippen molar-refractivity contribution in [3.05, 3.63) is 90.0 Å². The normalized spacial score (nSPS) is 21.7. The Morgan fingerprint density at radius 3 is 2.36 bits per heavy atom. The lowest BCUT2D eigenvalue weighted by molar-refractivity contribution is -0.386. The van der Waals surface area contributed by atoms with Crippen LogP contribution in [0.15, 0.2) is 53.1 Å². The summed E-state index contributed by atoms with van der Waals surface area (Å²) in [7, 11) is 0. The number of nitro benzene ring substituents is 2. The van der Waals surface area contributed by atoms with Gasteiger partial charge in [-0.15, -0.1) is 11.8 Å². The molecule has 2 aromatic rings. The number of benzene rings is 2. The molecule has 18 heteroatoms. The Hall–Kier alpha value is -5.07. The van der Waals surface area contributed by atoms with Gasteiger partial charge in [0.15, 0.2) is 0 Å². The topological polar surface area (TPSA) is 221 Å². The van der Waals surface area contributed by atoms with E-state index >= 15 is 0 Å². The summed E-state index contributed by atoms with van der Waals surface area (Å²) in [5.41, 5.74) is 3.04. The second-order valence-corrected chi connectivity index (χ2v) is 13.5. The molecule has 5 atom stereocenters. The van der Waals surface area contributed by atoms with Crippen molar-refractivity contribution in [2.45, 2.75) is 64.4 Å². The Kier molecular flexibility index (Phi) is 11.0. The number of nitrogens with zero attached hydrogens (tertiary/aromatic N) is 4. The van der Waals surface area contributed by atoms with Gasteiger partial charge in [-0.05, 0) is 48.7 Å². The summed E-state index contributed by atoms with van der Waals surface area (Å²) in [6.45, 7) is 4.64. The molecule has 3 aliphatic rings. The molecule has 2 aromatic carbocycles. The van der Waals surface area contributed by atoms with Gasteiger partial charge < -0.3 is 24.4 Å². The summed E-state index contributed by atoms with van der Waals surface area (Å²) in [5, 5.41) is 32.5. The van der Waals surface area contributed by atoms with Crippen LogP contribution < -0.4 is 5.48 Å². The monoisotopic (exact) mass is 713 g/mol. The summed E-state index contributed by atoms with van der Waals surface area (Å²) < 4.78 is 11.1. The summed E-state index contributed by atoms with van der Waals surface area (Å²) in [5.74, 6) is -2.59. The molecule has 0 spiro atoms. The molecule has 3 amide bonds. The zero-order chi connectivity index (χ0) is 36.3. The Morgan fingerprint density at radius 1 is 1.04 bits per heavy atom. The van der Waals surface area contributed by atoms with E-state index in [1.165, 1.54) is 77.9 Å². The highest BCUT2D eigenvalue weighted by molar-refractivity contribution is 8.03. The van der Waals surface area contributed by atoms with E-state index in [2.05, 4.69) is 5.48 Å². The third kappa shape index (κ3) is 7.71. The maximum Gasteiger partial charge on any atom is 0.410 e. The van der Waals surface area contributed by atoms with Gasteiger partial charge in [-0.3, -0.25) is 34.7 Å². The van der Waals surface area contributed by atoms with Crippen LogP contribution in [0, 0.1) is 32.1 Å². The minimum Gasteiger partial charge on any atom is -0.456 e. The third-order valence-electron chi connectivity index (χ3n) is 8.66.